The highest BCUT2D eigenvalue weighted by Crippen LogP contribution is 2.27. The van der Waals surface area contributed by atoms with Gasteiger partial charge in [-0.2, -0.15) is 0 Å². The number of nitrogens with zero attached hydrogens (tertiary/aromatic N) is 1. The van der Waals surface area contributed by atoms with E-state index in [0.717, 1.165) is 0 Å². The summed E-state index contributed by atoms with van der Waals surface area (Å²) in [6.07, 6.45) is 0.478. The molecule has 0 saturated carbocycles. The summed E-state index contributed by atoms with van der Waals surface area (Å²) in [5.41, 5.74) is -0.630. The van der Waals surface area contributed by atoms with E-state index in [2.05, 4.69) is 0 Å². The molecule has 7 heteroatoms. The molecule has 6 nitrogen and oxygen atoms in total. The average Bonchev–Trinajstić information content (AvgIpc) is 2.54. The van der Waals surface area contributed by atoms with E-state index >= 15 is 0 Å². The molecule has 0 radical (unpaired) electrons. The van der Waals surface area contributed by atoms with Crippen molar-refractivity contribution >= 4 is 21.7 Å². The van der Waals surface area contributed by atoms with E-state index in [0.29, 0.717) is 6.42 Å². The number of carboxylic acids is 1. The Morgan fingerprint density at radius 1 is 1.32 bits per heavy atom. The molecule has 0 spiro atoms. The molecule has 0 aromatic rings. The number of hydrogen-bond acceptors (Lipinski definition) is 4. The lowest BCUT2D eigenvalue weighted by Crippen LogP contribution is -2.40. The molecular formula is C12H21NO5S. The Bertz CT molecular complexity index is 469. The van der Waals surface area contributed by atoms with Crippen LogP contribution in [0.1, 0.15) is 33.1 Å². The molecule has 0 aromatic carbocycles. The summed E-state index contributed by atoms with van der Waals surface area (Å²) < 4.78 is 22.8. The number of hydrogen-bond donors (Lipinski definition) is 1. The fourth-order valence-electron chi connectivity index (χ4n) is 2.29. The number of sulfone groups is 1. The number of carboxylic acid groups (broad SMARTS) is 1. The molecular weight excluding hydrogens is 270 g/mol. The van der Waals surface area contributed by atoms with Crippen molar-refractivity contribution in [2.24, 2.45) is 5.41 Å². The fourth-order valence-corrected chi connectivity index (χ4v) is 4.06. The summed E-state index contributed by atoms with van der Waals surface area (Å²) in [7, 11) is -1.44. The molecule has 1 amide bonds. The fraction of sp³-hybridized carbons (Fsp3) is 0.833. The third-order valence-electron chi connectivity index (χ3n) is 3.41. The van der Waals surface area contributed by atoms with Gasteiger partial charge in [-0.05, 0) is 11.8 Å². The van der Waals surface area contributed by atoms with Crippen molar-refractivity contribution in [2.75, 3.05) is 18.6 Å². The van der Waals surface area contributed by atoms with Crippen molar-refractivity contribution < 1.29 is 23.1 Å². The molecule has 1 atom stereocenters. The van der Waals surface area contributed by atoms with Crippen LogP contribution >= 0.6 is 0 Å². The topological polar surface area (TPSA) is 91.8 Å². The molecule has 1 aliphatic heterocycles. The van der Waals surface area contributed by atoms with E-state index in [1.165, 1.54) is 4.90 Å². The van der Waals surface area contributed by atoms with Gasteiger partial charge in [0.15, 0.2) is 9.84 Å². The third-order valence-corrected chi connectivity index (χ3v) is 5.16. The van der Waals surface area contributed by atoms with Crippen molar-refractivity contribution in [3.63, 3.8) is 0 Å². The normalized spacial score (nSPS) is 22.2. The Labute approximate surface area is 113 Å². The molecule has 0 aromatic heterocycles. The zero-order chi connectivity index (χ0) is 14.8. The first kappa shape index (κ1) is 15.9. The van der Waals surface area contributed by atoms with Crippen molar-refractivity contribution in [3.8, 4) is 0 Å². The van der Waals surface area contributed by atoms with Crippen molar-refractivity contribution in [1.29, 1.82) is 0 Å². The van der Waals surface area contributed by atoms with Crippen LogP contribution in [0.25, 0.3) is 0 Å². The van der Waals surface area contributed by atoms with E-state index in [4.69, 9.17) is 5.11 Å². The number of carbonyl (C=O) groups excluding carboxylic acids is 1. The smallest absolute Gasteiger partial charge is 0.303 e. The van der Waals surface area contributed by atoms with E-state index in [1.54, 1.807) is 20.9 Å². The lowest BCUT2D eigenvalue weighted by molar-refractivity contribution is -0.140. The van der Waals surface area contributed by atoms with Crippen LogP contribution in [0.2, 0.25) is 0 Å². The Hall–Kier alpha value is -1.11. The van der Waals surface area contributed by atoms with Gasteiger partial charge in [0.25, 0.3) is 0 Å². The van der Waals surface area contributed by atoms with Gasteiger partial charge in [-0.25, -0.2) is 8.42 Å². The van der Waals surface area contributed by atoms with Gasteiger partial charge in [0.2, 0.25) is 5.91 Å². The lowest BCUT2D eigenvalue weighted by Gasteiger charge is -2.28. The highest BCUT2D eigenvalue weighted by atomic mass is 32.2. The lowest BCUT2D eigenvalue weighted by atomic mass is 9.85. The molecule has 19 heavy (non-hydrogen) atoms. The standard InChI is InChI=1S/C12H21NO5S/c1-12(2,7-11(15)16)6-10(14)13(3)9-4-5-19(17,18)8-9/h9H,4-8H2,1-3H3,(H,15,16)/t9-/m1/s1. The maximum absolute atomic E-state index is 12.1. The molecule has 0 unspecified atom stereocenters. The van der Waals surface area contributed by atoms with Crippen LogP contribution < -0.4 is 0 Å². The first-order valence-corrected chi connectivity index (χ1v) is 8.02. The minimum atomic E-state index is -3.02. The first-order valence-electron chi connectivity index (χ1n) is 6.20. The molecule has 1 rings (SSSR count). The first-order chi connectivity index (χ1) is 8.52. The highest BCUT2D eigenvalue weighted by molar-refractivity contribution is 7.91. The van der Waals surface area contributed by atoms with E-state index in [9.17, 15) is 18.0 Å². The number of carbonyl (C=O) groups is 2. The monoisotopic (exact) mass is 291 g/mol. The average molecular weight is 291 g/mol. The minimum Gasteiger partial charge on any atom is -0.481 e. The summed E-state index contributed by atoms with van der Waals surface area (Å²) in [5, 5.41) is 8.78. The van der Waals surface area contributed by atoms with Crippen LogP contribution in [0, 0.1) is 5.41 Å². The van der Waals surface area contributed by atoms with E-state index < -0.39 is 21.2 Å². The molecule has 110 valence electrons. The predicted octanol–water partition coefficient (Wildman–Crippen LogP) is 0.523. The summed E-state index contributed by atoms with van der Waals surface area (Å²) >= 11 is 0. The Morgan fingerprint density at radius 2 is 1.89 bits per heavy atom. The zero-order valence-corrected chi connectivity index (χ0v) is 12.4. The quantitative estimate of drug-likeness (QED) is 0.797. The van der Waals surface area contributed by atoms with Crippen molar-refractivity contribution in [1.82, 2.24) is 4.90 Å². The van der Waals surface area contributed by atoms with Gasteiger partial charge < -0.3 is 10.0 Å². The third kappa shape index (κ3) is 4.81. The van der Waals surface area contributed by atoms with Crippen LogP contribution in [0.3, 0.4) is 0 Å². The van der Waals surface area contributed by atoms with E-state index in [-0.39, 0.29) is 36.3 Å². The van der Waals surface area contributed by atoms with Gasteiger partial charge in [0, 0.05) is 19.5 Å². The largest absolute Gasteiger partial charge is 0.481 e. The number of amides is 1. The maximum Gasteiger partial charge on any atom is 0.303 e. The van der Waals surface area contributed by atoms with Crippen LogP contribution in [0.4, 0.5) is 0 Å². The molecule has 1 N–H and O–H groups in total. The predicted molar refractivity (Wildman–Crippen MR) is 70.5 cm³/mol. The van der Waals surface area contributed by atoms with Gasteiger partial charge in [-0.1, -0.05) is 13.8 Å². The zero-order valence-electron chi connectivity index (χ0n) is 11.5. The van der Waals surface area contributed by atoms with Crippen molar-refractivity contribution in [3.05, 3.63) is 0 Å². The SMILES string of the molecule is CN(C(=O)CC(C)(C)CC(=O)O)[C@@H]1CCS(=O)(=O)C1. The van der Waals surface area contributed by atoms with Crippen LogP contribution in [0.5, 0.6) is 0 Å². The molecule has 1 saturated heterocycles. The molecule has 1 fully saturated rings. The van der Waals surface area contributed by atoms with Crippen LogP contribution in [-0.2, 0) is 19.4 Å². The number of aliphatic carboxylic acids is 1. The van der Waals surface area contributed by atoms with Gasteiger partial charge in [-0.15, -0.1) is 0 Å². The molecule has 1 heterocycles. The van der Waals surface area contributed by atoms with Crippen LogP contribution in [0.15, 0.2) is 0 Å². The van der Waals surface area contributed by atoms with Gasteiger partial charge in [0.05, 0.1) is 17.9 Å². The summed E-state index contributed by atoms with van der Waals surface area (Å²) in [6, 6.07) is -0.280. The van der Waals surface area contributed by atoms with Gasteiger partial charge in [0.1, 0.15) is 0 Å². The Balaban J connectivity index is 2.61. The Morgan fingerprint density at radius 3 is 2.32 bits per heavy atom. The minimum absolute atomic E-state index is 0.00853. The Kier molecular flexibility index (Phi) is 4.60. The van der Waals surface area contributed by atoms with Crippen molar-refractivity contribution in [2.45, 2.75) is 39.2 Å². The van der Waals surface area contributed by atoms with E-state index in [1.807, 2.05) is 0 Å². The molecule has 0 bridgehead atoms. The van der Waals surface area contributed by atoms with Gasteiger partial charge in [-0.3, -0.25) is 9.59 Å². The van der Waals surface area contributed by atoms with Crippen LogP contribution in [-0.4, -0.2) is 54.9 Å². The molecule has 0 aliphatic carbocycles. The summed E-state index contributed by atoms with van der Waals surface area (Å²) in [4.78, 5) is 24.2. The second kappa shape index (κ2) is 5.48. The summed E-state index contributed by atoms with van der Waals surface area (Å²) in [5.74, 6) is -1.01. The maximum atomic E-state index is 12.1. The van der Waals surface area contributed by atoms with Gasteiger partial charge >= 0.3 is 5.97 Å². The molecule has 1 aliphatic rings. The highest BCUT2D eigenvalue weighted by Gasteiger charge is 2.34. The number of rotatable bonds is 5. The second-order valence-corrected chi connectivity index (χ2v) is 8.20. The second-order valence-electron chi connectivity index (χ2n) is 5.97. The summed E-state index contributed by atoms with van der Waals surface area (Å²) in [6.45, 7) is 3.44.